The van der Waals surface area contributed by atoms with Gasteiger partial charge in [0.15, 0.2) is 11.6 Å². The van der Waals surface area contributed by atoms with E-state index in [0.717, 1.165) is 11.1 Å². The Hall–Kier alpha value is -3.74. The largest absolute Gasteiger partial charge is 0.351 e. The summed E-state index contributed by atoms with van der Waals surface area (Å²) < 4.78 is 1.73. The van der Waals surface area contributed by atoms with Gasteiger partial charge in [0.1, 0.15) is 0 Å². The van der Waals surface area contributed by atoms with Crippen molar-refractivity contribution in [1.82, 2.24) is 19.7 Å². The summed E-state index contributed by atoms with van der Waals surface area (Å²) in [7, 11) is 0. The van der Waals surface area contributed by atoms with Gasteiger partial charge in [0, 0.05) is 42.5 Å². The molecule has 0 saturated carbocycles. The number of hydrogen-bond acceptors (Lipinski definition) is 4. The molecule has 3 aromatic heterocycles. The SMILES string of the molecule is CC(=O)c1[nH]c2ccccc2c1C(=O)Nc1ccn(Cc2ccncc2)n1. The van der Waals surface area contributed by atoms with E-state index in [1.807, 2.05) is 36.4 Å². The Bertz CT molecular complexity index is 1130. The summed E-state index contributed by atoms with van der Waals surface area (Å²) in [5.41, 5.74) is 2.43. The lowest BCUT2D eigenvalue weighted by molar-refractivity contribution is 0.0983. The van der Waals surface area contributed by atoms with E-state index in [1.165, 1.54) is 6.92 Å². The molecule has 3 heterocycles. The van der Waals surface area contributed by atoms with Crippen molar-refractivity contribution < 1.29 is 9.59 Å². The normalized spacial score (nSPS) is 10.9. The Labute approximate surface area is 155 Å². The maximum Gasteiger partial charge on any atom is 0.259 e. The van der Waals surface area contributed by atoms with Gasteiger partial charge < -0.3 is 10.3 Å². The van der Waals surface area contributed by atoms with E-state index in [-0.39, 0.29) is 11.7 Å². The second kappa shape index (κ2) is 6.87. The summed E-state index contributed by atoms with van der Waals surface area (Å²) >= 11 is 0. The number of pyridine rings is 1. The van der Waals surface area contributed by atoms with Crippen molar-refractivity contribution in [2.75, 3.05) is 5.32 Å². The van der Waals surface area contributed by atoms with E-state index in [1.54, 1.807) is 29.3 Å². The second-order valence-electron chi connectivity index (χ2n) is 6.18. The van der Waals surface area contributed by atoms with Crippen LogP contribution in [0.4, 0.5) is 5.82 Å². The zero-order valence-electron chi connectivity index (χ0n) is 14.6. The highest BCUT2D eigenvalue weighted by Crippen LogP contribution is 2.24. The van der Waals surface area contributed by atoms with Crippen LogP contribution in [0.1, 0.15) is 33.3 Å². The van der Waals surface area contributed by atoms with Gasteiger partial charge in [0.2, 0.25) is 0 Å². The Kier molecular flexibility index (Phi) is 4.25. The van der Waals surface area contributed by atoms with Gasteiger partial charge in [-0.1, -0.05) is 18.2 Å². The lowest BCUT2D eigenvalue weighted by Crippen LogP contribution is -2.15. The molecule has 0 aliphatic carbocycles. The van der Waals surface area contributed by atoms with Crippen LogP contribution in [0, 0.1) is 0 Å². The quantitative estimate of drug-likeness (QED) is 0.535. The Morgan fingerprint density at radius 2 is 1.89 bits per heavy atom. The number of benzene rings is 1. The molecule has 0 aliphatic heterocycles. The first-order valence-electron chi connectivity index (χ1n) is 8.47. The van der Waals surface area contributed by atoms with Crippen LogP contribution in [-0.2, 0) is 6.54 Å². The fourth-order valence-corrected chi connectivity index (χ4v) is 3.01. The molecule has 0 aliphatic rings. The minimum atomic E-state index is -0.369. The molecular weight excluding hydrogens is 342 g/mol. The van der Waals surface area contributed by atoms with E-state index < -0.39 is 0 Å². The summed E-state index contributed by atoms with van der Waals surface area (Å²) in [6.45, 7) is 2.01. The summed E-state index contributed by atoms with van der Waals surface area (Å²) in [5.74, 6) is -0.139. The summed E-state index contributed by atoms with van der Waals surface area (Å²) in [4.78, 5) is 31.8. The number of fused-ring (bicyclic) bond motifs is 1. The van der Waals surface area contributed by atoms with Gasteiger partial charge in [-0.3, -0.25) is 19.3 Å². The third-order valence-electron chi connectivity index (χ3n) is 4.26. The van der Waals surface area contributed by atoms with E-state index in [4.69, 9.17) is 0 Å². The van der Waals surface area contributed by atoms with Crippen molar-refractivity contribution in [2.45, 2.75) is 13.5 Å². The zero-order chi connectivity index (χ0) is 18.8. The van der Waals surface area contributed by atoms with Crippen LogP contribution in [-0.4, -0.2) is 31.4 Å². The summed E-state index contributed by atoms with van der Waals surface area (Å²) in [6, 6.07) is 12.9. The number of carbonyl (C=O) groups excluding carboxylic acids is 2. The first kappa shape index (κ1) is 16.7. The van der Waals surface area contributed by atoms with Crippen molar-refractivity contribution in [2.24, 2.45) is 0 Å². The maximum absolute atomic E-state index is 12.8. The molecule has 27 heavy (non-hydrogen) atoms. The highest BCUT2D eigenvalue weighted by Gasteiger charge is 2.21. The van der Waals surface area contributed by atoms with Gasteiger partial charge in [-0.25, -0.2) is 0 Å². The molecule has 0 unspecified atom stereocenters. The molecule has 0 fully saturated rings. The molecule has 1 amide bonds. The van der Waals surface area contributed by atoms with Crippen molar-refractivity contribution in [3.8, 4) is 0 Å². The molecule has 0 bridgehead atoms. The number of para-hydroxylation sites is 1. The van der Waals surface area contributed by atoms with Gasteiger partial charge in [-0.05, 0) is 23.8 Å². The van der Waals surface area contributed by atoms with Crippen LogP contribution in [0.5, 0.6) is 0 Å². The number of amides is 1. The van der Waals surface area contributed by atoms with Gasteiger partial charge >= 0.3 is 0 Å². The minimum Gasteiger partial charge on any atom is -0.351 e. The lowest BCUT2D eigenvalue weighted by Gasteiger charge is -2.04. The van der Waals surface area contributed by atoms with Gasteiger partial charge in [0.25, 0.3) is 5.91 Å². The van der Waals surface area contributed by atoms with Crippen molar-refractivity contribution in [3.05, 3.63) is 77.9 Å². The molecule has 0 spiro atoms. The predicted octanol–water partition coefficient (Wildman–Crippen LogP) is 3.26. The smallest absolute Gasteiger partial charge is 0.259 e. The average molecular weight is 359 g/mol. The minimum absolute atomic E-state index is 0.195. The molecule has 2 N–H and O–H groups in total. The number of rotatable bonds is 5. The number of H-pyrrole nitrogens is 1. The van der Waals surface area contributed by atoms with Gasteiger partial charge in [-0.2, -0.15) is 5.10 Å². The molecule has 1 aromatic carbocycles. The number of Topliss-reactive ketones (excluding diaryl/α,β-unsaturated/α-hetero) is 1. The van der Waals surface area contributed by atoms with Crippen LogP contribution < -0.4 is 5.32 Å². The van der Waals surface area contributed by atoms with Crippen LogP contribution in [0.15, 0.2) is 61.1 Å². The molecule has 134 valence electrons. The van der Waals surface area contributed by atoms with E-state index in [9.17, 15) is 9.59 Å². The molecule has 0 saturated heterocycles. The lowest BCUT2D eigenvalue weighted by atomic mass is 10.1. The maximum atomic E-state index is 12.8. The highest BCUT2D eigenvalue weighted by atomic mass is 16.2. The van der Waals surface area contributed by atoms with Crippen molar-refractivity contribution in [3.63, 3.8) is 0 Å². The average Bonchev–Trinajstić information content (AvgIpc) is 3.26. The first-order valence-corrected chi connectivity index (χ1v) is 8.47. The number of nitrogens with one attached hydrogen (secondary N) is 2. The summed E-state index contributed by atoms with van der Waals surface area (Å²) in [6.07, 6.45) is 5.24. The molecule has 7 heteroatoms. The standard InChI is InChI=1S/C20H17N5O2/c1-13(26)19-18(15-4-2-3-5-16(15)22-19)20(27)23-17-8-11-25(24-17)12-14-6-9-21-10-7-14/h2-11,22H,12H2,1H3,(H,23,24,27). The molecule has 0 atom stereocenters. The molecule has 4 aromatic rings. The van der Waals surface area contributed by atoms with Crippen LogP contribution >= 0.6 is 0 Å². The van der Waals surface area contributed by atoms with Crippen molar-refractivity contribution in [1.29, 1.82) is 0 Å². The third kappa shape index (κ3) is 3.35. The molecule has 4 rings (SSSR count). The predicted molar refractivity (Wildman–Crippen MR) is 102 cm³/mol. The number of hydrogen-bond donors (Lipinski definition) is 2. The fourth-order valence-electron chi connectivity index (χ4n) is 3.01. The highest BCUT2D eigenvalue weighted by molar-refractivity contribution is 6.19. The fraction of sp³-hybridized carbons (Fsp3) is 0.100. The number of nitrogens with zero attached hydrogens (tertiary/aromatic N) is 3. The van der Waals surface area contributed by atoms with Crippen LogP contribution in [0.3, 0.4) is 0 Å². The molecular formula is C20H17N5O2. The van der Waals surface area contributed by atoms with Gasteiger partial charge in [0.05, 0.1) is 17.8 Å². The molecule has 0 radical (unpaired) electrons. The van der Waals surface area contributed by atoms with E-state index >= 15 is 0 Å². The van der Waals surface area contributed by atoms with E-state index in [0.29, 0.717) is 29.0 Å². The number of aromatic nitrogens is 4. The van der Waals surface area contributed by atoms with E-state index in [2.05, 4.69) is 20.4 Å². The number of ketones is 1. The number of anilines is 1. The number of carbonyl (C=O) groups is 2. The van der Waals surface area contributed by atoms with Crippen molar-refractivity contribution >= 4 is 28.4 Å². The third-order valence-corrected chi connectivity index (χ3v) is 4.26. The Morgan fingerprint density at radius 3 is 2.67 bits per heavy atom. The first-order chi connectivity index (χ1) is 13.1. The zero-order valence-corrected chi connectivity index (χ0v) is 14.6. The Morgan fingerprint density at radius 1 is 1.11 bits per heavy atom. The van der Waals surface area contributed by atoms with Crippen LogP contribution in [0.25, 0.3) is 10.9 Å². The number of aromatic amines is 1. The summed E-state index contributed by atoms with van der Waals surface area (Å²) in [5, 5.41) is 7.87. The second-order valence-corrected chi connectivity index (χ2v) is 6.18. The van der Waals surface area contributed by atoms with Gasteiger partial charge in [-0.15, -0.1) is 0 Å². The molecule has 7 nitrogen and oxygen atoms in total. The van der Waals surface area contributed by atoms with Crippen LogP contribution in [0.2, 0.25) is 0 Å². The topological polar surface area (TPSA) is 92.7 Å². The Balaban J connectivity index is 1.59. The monoisotopic (exact) mass is 359 g/mol.